The van der Waals surface area contributed by atoms with Gasteiger partial charge in [-0.25, -0.2) is 9.78 Å². The molecule has 0 spiro atoms. The number of amides is 2. The number of pyridine rings is 1. The summed E-state index contributed by atoms with van der Waals surface area (Å²) in [4.78, 5) is 47.7. The van der Waals surface area contributed by atoms with Crippen LogP contribution in [0.25, 0.3) is 0 Å². The predicted molar refractivity (Wildman–Crippen MR) is 124 cm³/mol. The molecule has 2 aromatic rings. The van der Waals surface area contributed by atoms with Crippen molar-refractivity contribution >= 4 is 63.5 Å². The Hall–Kier alpha value is -2.37. The molecule has 0 saturated carbocycles. The number of thioether (sulfide) groups is 2. The quantitative estimate of drug-likeness (QED) is 0.0939. The Bertz CT molecular complexity index is 1160. The van der Waals surface area contributed by atoms with E-state index >= 15 is 0 Å². The van der Waals surface area contributed by atoms with Crippen LogP contribution in [0.15, 0.2) is 51.1 Å². The van der Waals surface area contributed by atoms with Crippen LogP contribution in [-0.2, 0) is 25.1 Å². The zero-order chi connectivity index (χ0) is 23.5. The number of hydrogen-bond donors (Lipinski definition) is 3. The standard InChI is InChI=1S/C19H18N6O5S3.HI/c1-30-23-12(10-7-32-19(20)21-10)15(26)22-13-11-8-31-18(14(17(28)29)25(11)16(13)27)33-9-24-5-3-2-4-6-24;/h2-7,11,13H,8-9H2,1H3,(H3-,20,21,22,26,28,29);1H. The summed E-state index contributed by atoms with van der Waals surface area (Å²) in [7, 11) is 1.29. The van der Waals surface area contributed by atoms with Gasteiger partial charge in [-0.2, -0.15) is 4.57 Å². The Morgan fingerprint density at radius 3 is 2.76 bits per heavy atom. The van der Waals surface area contributed by atoms with Crippen LogP contribution in [0.5, 0.6) is 0 Å². The number of nitrogens with one attached hydrogen (secondary N) is 1. The highest BCUT2D eigenvalue weighted by molar-refractivity contribution is 8.21. The number of carbonyl (C=O) groups is 3. The molecular weight excluding hydrogens is 615 g/mol. The van der Waals surface area contributed by atoms with Crippen molar-refractivity contribution in [3.05, 3.63) is 51.6 Å². The van der Waals surface area contributed by atoms with E-state index in [0.29, 0.717) is 15.9 Å². The molecule has 180 valence electrons. The number of rotatable bonds is 8. The first-order valence-corrected chi connectivity index (χ1v) is 12.4. The summed E-state index contributed by atoms with van der Waals surface area (Å²) in [5, 5.41) is 17.9. The van der Waals surface area contributed by atoms with Gasteiger partial charge in [0.1, 0.15) is 18.8 Å². The van der Waals surface area contributed by atoms with Gasteiger partial charge in [0.15, 0.2) is 34.8 Å². The topological polar surface area (TPSA) is 151 Å². The fourth-order valence-corrected chi connectivity index (χ4v) is 6.32. The number of nitrogen functional groups attached to an aromatic ring is 1. The van der Waals surface area contributed by atoms with Gasteiger partial charge < -0.3 is 45.0 Å². The molecule has 2 amide bonds. The van der Waals surface area contributed by atoms with Gasteiger partial charge in [0, 0.05) is 23.3 Å². The molecule has 4 N–H and O–H groups in total. The van der Waals surface area contributed by atoms with Crippen LogP contribution < -0.4 is 39.6 Å². The van der Waals surface area contributed by atoms with E-state index in [1.807, 2.05) is 35.2 Å². The second kappa shape index (κ2) is 11.4. The molecule has 2 aliphatic heterocycles. The number of nitrogens with zero attached hydrogens (tertiary/aromatic N) is 4. The summed E-state index contributed by atoms with van der Waals surface area (Å²) in [6.45, 7) is 0. The molecule has 2 aromatic heterocycles. The summed E-state index contributed by atoms with van der Waals surface area (Å²) >= 11 is 3.83. The van der Waals surface area contributed by atoms with Crippen LogP contribution in [0.3, 0.4) is 0 Å². The van der Waals surface area contributed by atoms with Gasteiger partial charge in [0.25, 0.3) is 11.8 Å². The minimum Gasteiger partial charge on any atom is -1.00 e. The number of thiazole rings is 1. The van der Waals surface area contributed by atoms with Crippen molar-refractivity contribution in [2.75, 3.05) is 18.6 Å². The molecule has 1 saturated heterocycles. The Morgan fingerprint density at radius 2 is 2.15 bits per heavy atom. The molecule has 0 aromatic carbocycles. The molecule has 15 heteroatoms. The number of carboxylic acid groups (broad SMARTS) is 1. The van der Waals surface area contributed by atoms with Gasteiger partial charge >= 0.3 is 5.97 Å². The van der Waals surface area contributed by atoms with Gasteiger partial charge in [-0.3, -0.25) is 14.5 Å². The van der Waals surface area contributed by atoms with Crippen LogP contribution in [0.4, 0.5) is 5.13 Å². The summed E-state index contributed by atoms with van der Waals surface area (Å²) in [6.07, 6.45) is 3.75. The minimum absolute atomic E-state index is 0. The van der Waals surface area contributed by atoms with Crippen LogP contribution in [0.2, 0.25) is 0 Å². The highest BCUT2D eigenvalue weighted by Crippen LogP contribution is 2.43. The fraction of sp³-hybridized carbons (Fsp3) is 0.263. The summed E-state index contributed by atoms with van der Waals surface area (Å²) < 4.78 is 2.46. The molecular formula is C19H19IN6O5S3. The van der Waals surface area contributed by atoms with Crippen molar-refractivity contribution in [2.45, 2.75) is 18.0 Å². The third-order valence-electron chi connectivity index (χ3n) is 4.81. The lowest BCUT2D eigenvalue weighted by atomic mass is 9.95. The lowest BCUT2D eigenvalue weighted by Crippen LogP contribution is -3.00. The van der Waals surface area contributed by atoms with E-state index in [4.69, 9.17) is 10.6 Å². The maximum atomic E-state index is 12.9. The van der Waals surface area contributed by atoms with E-state index in [1.165, 1.54) is 35.5 Å². The monoisotopic (exact) mass is 634 g/mol. The van der Waals surface area contributed by atoms with E-state index in [2.05, 4.69) is 15.5 Å². The number of anilines is 1. The smallest absolute Gasteiger partial charge is 0.354 e. The normalized spacial score (nSPS) is 19.6. The highest BCUT2D eigenvalue weighted by Gasteiger charge is 2.54. The fourth-order valence-electron chi connectivity index (χ4n) is 3.33. The summed E-state index contributed by atoms with van der Waals surface area (Å²) in [5.74, 6) is -1.40. The lowest BCUT2D eigenvalue weighted by molar-refractivity contribution is -0.675. The van der Waals surface area contributed by atoms with Gasteiger partial charge in [-0.1, -0.05) is 11.2 Å². The van der Waals surface area contributed by atoms with Gasteiger partial charge in [0.2, 0.25) is 0 Å². The van der Waals surface area contributed by atoms with Crippen molar-refractivity contribution in [3.8, 4) is 0 Å². The molecule has 2 unspecified atom stereocenters. The van der Waals surface area contributed by atoms with Crippen molar-refractivity contribution < 1.29 is 52.9 Å². The lowest BCUT2D eigenvalue weighted by Gasteiger charge is -2.49. The van der Waals surface area contributed by atoms with Crippen molar-refractivity contribution in [1.82, 2.24) is 15.2 Å². The predicted octanol–water partition coefficient (Wildman–Crippen LogP) is -2.55. The molecule has 0 radical (unpaired) electrons. The number of carboxylic acids is 1. The number of aromatic nitrogens is 2. The first kappa shape index (κ1) is 26.2. The number of oxime groups is 1. The molecule has 2 aliphatic rings. The van der Waals surface area contributed by atoms with E-state index in [1.54, 1.807) is 5.38 Å². The molecule has 0 bridgehead atoms. The van der Waals surface area contributed by atoms with Crippen molar-refractivity contribution in [1.29, 1.82) is 0 Å². The molecule has 1 fully saturated rings. The van der Waals surface area contributed by atoms with Gasteiger partial charge in [-0.15, -0.1) is 23.1 Å². The Labute approximate surface area is 223 Å². The Kier molecular flexibility index (Phi) is 8.78. The molecule has 11 nitrogen and oxygen atoms in total. The van der Waals surface area contributed by atoms with E-state index in [9.17, 15) is 19.5 Å². The number of carbonyl (C=O) groups excluding carboxylic acids is 2. The Morgan fingerprint density at radius 1 is 1.41 bits per heavy atom. The van der Waals surface area contributed by atoms with Crippen LogP contribution in [-0.4, -0.2) is 63.4 Å². The molecule has 2 atom stereocenters. The number of nitrogens with two attached hydrogens (primary N) is 1. The first-order valence-electron chi connectivity index (χ1n) is 9.54. The van der Waals surface area contributed by atoms with Crippen molar-refractivity contribution in [2.24, 2.45) is 5.16 Å². The second-order valence-electron chi connectivity index (χ2n) is 6.84. The second-order valence-corrected chi connectivity index (χ2v) is 9.97. The number of fused-ring (bicyclic) bond motifs is 1. The summed E-state index contributed by atoms with van der Waals surface area (Å²) in [5.41, 5.74) is 5.67. The summed E-state index contributed by atoms with van der Waals surface area (Å²) in [6, 6.07) is 4.28. The third kappa shape index (κ3) is 5.31. The molecule has 4 rings (SSSR count). The van der Waals surface area contributed by atoms with Crippen LogP contribution in [0.1, 0.15) is 5.69 Å². The minimum atomic E-state index is -1.19. The largest absolute Gasteiger partial charge is 1.00 e. The average Bonchev–Trinajstić information content (AvgIpc) is 3.25. The average molecular weight is 635 g/mol. The van der Waals surface area contributed by atoms with Crippen LogP contribution in [0, 0.1) is 0 Å². The van der Waals surface area contributed by atoms with Crippen molar-refractivity contribution in [3.63, 3.8) is 0 Å². The van der Waals surface area contributed by atoms with Gasteiger partial charge in [-0.05, 0) is 11.8 Å². The third-order valence-corrected chi connectivity index (χ3v) is 8.04. The number of aliphatic carboxylic acids is 1. The van der Waals surface area contributed by atoms with Gasteiger partial charge in [0.05, 0.1) is 10.3 Å². The number of halogens is 1. The first-order chi connectivity index (χ1) is 15.9. The van der Waals surface area contributed by atoms with E-state index in [0.717, 1.165) is 11.3 Å². The van der Waals surface area contributed by atoms with E-state index in [-0.39, 0.29) is 46.2 Å². The maximum absolute atomic E-state index is 12.9. The van der Waals surface area contributed by atoms with E-state index < -0.39 is 29.9 Å². The molecule has 0 aliphatic carbocycles. The number of β-lactam (4-membered cyclic amide) rings is 1. The molecule has 4 heterocycles. The Balaban J connectivity index is 0.00000324. The highest BCUT2D eigenvalue weighted by atomic mass is 127. The zero-order valence-electron chi connectivity index (χ0n) is 17.6. The zero-order valence-corrected chi connectivity index (χ0v) is 22.2. The number of hydrogen-bond acceptors (Lipinski definition) is 10. The molecule has 34 heavy (non-hydrogen) atoms. The SMILES string of the molecule is CON=C(C(=O)NC1C(=O)N2C(C(=O)O)=C(SC[n+]3ccccc3)SCC12)c1csc(N)n1.[I-]. The maximum Gasteiger partial charge on any atom is 0.354 e. The van der Waals surface area contributed by atoms with Crippen LogP contribution >= 0.6 is 34.9 Å².